The fraction of sp³-hybridized carbons (Fsp3) is 1.00. The standard InChI is InChI=1S/C14H30N2O/c1-5-14-8-10-16(9-7-12(3)15-14)13(4)11-17-6-2/h12-15H,5-11H2,1-4H3. The highest BCUT2D eigenvalue weighted by Gasteiger charge is 2.20. The zero-order valence-electron chi connectivity index (χ0n) is 12.0. The summed E-state index contributed by atoms with van der Waals surface area (Å²) in [5.41, 5.74) is 0. The molecule has 0 amide bonds. The lowest BCUT2D eigenvalue weighted by molar-refractivity contribution is 0.0649. The highest BCUT2D eigenvalue weighted by Crippen LogP contribution is 2.11. The maximum absolute atomic E-state index is 5.54. The first kappa shape index (κ1) is 14.9. The van der Waals surface area contributed by atoms with Gasteiger partial charge in [0.1, 0.15) is 0 Å². The van der Waals surface area contributed by atoms with Crippen molar-refractivity contribution in [1.29, 1.82) is 0 Å². The zero-order valence-corrected chi connectivity index (χ0v) is 12.0. The van der Waals surface area contributed by atoms with E-state index in [1.807, 2.05) is 0 Å². The van der Waals surface area contributed by atoms with Crippen LogP contribution in [0.4, 0.5) is 0 Å². The molecule has 17 heavy (non-hydrogen) atoms. The molecule has 102 valence electrons. The SMILES string of the molecule is CCOCC(C)N1CCC(C)NC(CC)CC1. The van der Waals surface area contributed by atoms with E-state index in [1.165, 1.54) is 32.4 Å². The lowest BCUT2D eigenvalue weighted by atomic mass is 10.0. The smallest absolute Gasteiger partial charge is 0.0618 e. The van der Waals surface area contributed by atoms with E-state index in [-0.39, 0.29) is 0 Å². The molecule has 0 radical (unpaired) electrons. The molecular weight excluding hydrogens is 212 g/mol. The van der Waals surface area contributed by atoms with Gasteiger partial charge in [-0.1, -0.05) is 6.92 Å². The fourth-order valence-electron chi connectivity index (χ4n) is 2.52. The van der Waals surface area contributed by atoms with E-state index in [2.05, 4.69) is 37.9 Å². The number of hydrogen-bond acceptors (Lipinski definition) is 3. The van der Waals surface area contributed by atoms with Crippen LogP contribution in [0.2, 0.25) is 0 Å². The third-order valence-corrected chi connectivity index (χ3v) is 3.81. The Hall–Kier alpha value is -0.120. The lowest BCUT2D eigenvalue weighted by Gasteiger charge is -2.35. The molecule has 1 aliphatic rings. The van der Waals surface area contributed by atoms with E-state index >= 15 is 0 Å². The molecule has 1 heterocycles. The van der Waals surface area contributed by atoms with E-state index in [0.29, 0.717) is 18.1 Å². The number of nitrogens with zero attached hydrogens (tertiary/aromatic N) is 1. The number of nitrogens with one attached hydrogen (secondary N) is 1. The molecule has 1 rings (SSSR count). The van der Waals surface area contributed by atoms with Crippen molar-refractivity contribution < 1.29 is 4.74 Å². The van der Waals surface area contributed by atoms with Crippen LogP contribution in [0.5, 0.6) is 0 Å². The van der Waals surface area contributed by atoms with Crippen molar-refractivity contribution in [3.63, 3.8) is 0 Å². The topological polar surface area (TPSA) is 24.5 Å². The van der Waals surface area contributed by atoms with Gasteiger partial charge in [0.25, 0.3) is 0 Å². The van der Waals surface area contributed by atoms with Gasteiger partial charge in [0.05, 0.1) is 6.61 Å². The molecule has 1 saturated heterocycles. The molecular formula is C14H30N2O. The fourth-order valence-corrected chi connectivity index (χ4v) is 2.52. The van der Waals surface area contributed by atoms with Crippen LogP contribution in [-0.4, -0.2) is 49.3 Å². The summed E-state index contributed by atoms with van der Waals surface area (Å²) in [5, 5.41) is 3.71. The predicted molar refractivity (Wildman–Crippen MR) is 73.4 cm³/mol. The zero-order chi connectivity index (χ0) is 12.7. The molecule has 1 aliphatic heterocycles. The molecule has 0 aliphatic carbocycles. The second-order valence-corrected chi connectivity index (χ2v) is 5.29. The molecule has 3 heteroatoms. The van der Waals surface area contributed by atoms with Crippen LogP contribution in [0.15, 0.2) is 0 Å². The lowest BCUT2D eigenvalue weighted by Crippen LogP contribution is -2.47. The summed E-state index contributed by atoms with van der Waals surface area (Å²) in [6.45, 7) is 13.0. The van der Waals surface area contributed by atoms with Gasteiger partial charge in [-0.3, -0.25) is 4.90 Å². The van der Waals surface area contributed by atoms with E-state index in [4.69, 9.17) is 4.74 Å². The van der Waals surface area contributed by atoms with Crippen LogP contribution in [0.3, 0.4) is 0 Å². The average molecular weight is 242 g/mol. The maximum atomic E-state index is 5.54. The molecule has 1 fully saturated rings. The Morgan fingerprint density at radius 2 is 2.00 bits per heavy atom. The van der Waals surface area contributed by atoms with Crippen molar-refractivity contribution in [3.8, 4) is 0 Å². The first-order chi connectivity index (χ1) is 8.17. The van der Waals surface area contributed by atoms with E-state index < -0.39 is 0 Å². The summed E-state index contributed by atoms with van der Waals surface area (Å²) >= 11 is 0. The minimum atomic E-state index is 0.553. The molecule has 0 aromatic heterocycles. The van der Waals surface area contributed by atoms with Crippen molar-refractivity contribution in [2.45, 2.75) is 65.1 Å². The molecule has 0 aromatic carbocycles. The summed E-state index contributed by atoms with van der Waals surface area (Å²) in [5.74, 6) is 0. The van der Waals surface area contributed by atoms with E-state index in [9.17, 15) is 0 Å². The second kappa shape index (κ2) is 8.06. The first-order valence-electron chi connectivity index (χ1n) is 7.25. The first-order valence-corrected chi connectivity index (χ1v) is 7.25. The molecule has 3 unspecified atom stereocenters. The molecule has 3 nitrogen and oxygen atoms in total. The highest BCUT2D eigenvalue weighted by molar-refractivity contribution is 4.79. The van der Waals surface area contributed by atoms with Gasteiger partial charge in [-0.05, 0) is 53.1 Å². The van der Waals surface area contributed by atoms with Crippen LogP contribution in [0.1, 0.15) is 47.0 Å². The minimum Gasteiger partial charge on any atom is -0.380 e. The van der Waals surface area contributed by atoms with Crippen molar-refractivity contribution in [2.75, 3.05) is 26.3 Å². The molecule has 0 spiro atoms. The van der Waals surface area contributed by atoms with E-state index in [0.717, 1.165) is 13.2 Å². The van der Waals surface area contributed by atoms with Crippen LogP contribution < -0.4 is 5.32 Å². The maximum Gasteiger partial charge on any atom is 0.0618 e. The van der Waals surface area contributed by atoms with Gasteiger partial charge in [0, 0.05) is 24.7 Å². The molecule has 0 bridgehead atoms. The Labute approximate surface area is 107 Å². The Kier molecular flexibility index (Phi) is 7.09. The third kappa shape index (κ3) is 5.36. The summed E-state index contributed by atoms with van der Waals surface area (Å²) < 4.78 is 5.54. The van der Waals surface area contributed by atoms with Crippen molar-refractivity contribution in [2.24, 2.45) is 0 Å². The van der Waals surface area contributed by atoms with Gasteiger partial charge in [-0.2, -0.15) is 0 Å². The van der Waals surface area contributed by atoms with Crippen molar-refractivity contribution in [1.82, 2.24) is 10.2 Å². The normalized spacial score (nSPS) is 29.6. The van der Waals surface area contributed by atoms with Gasteiger partial charge in [0.15, 0.2) is 0 Å². The van der Waals surface area contributed by atoms with Gasteiger partial charge < -0.3 is 10.1 Å². The van der Waals surface area contributed by atoms with Crippen molar-refractivity contribution >= 4 is 0 Å². The van der Waals surface area contributed by atoms with Crippen LogP contribution in [-0.2, 0) is 4.74 Å². The highest BCUT2D eigenvalue weighted by atomic mass is 16.5. The molecule has 3 atom stereocenters. The molecule has 0 saturated carbocycles. The summed E-state index contributed by atoms with van der Waals surface area (Å²) in [6, 6.07) is 1.88. The van der Waals surface area contributed by atoms with Crippen LogP contribution >= 0.6 is 0 Å². The quantitative estimate of drug-likeness (QED) is 0.800. The summed E-state index contributed by atoms with van der Waals surface area (Å²) in [7, 11) is 0. The Morgan fingerprint density at radius 3 is 2.65 bits per heavy atom. The van der Waals surface area contributed by atoms with Gasteiger partial charge >= 0.3 is 0 Å². The van der Waals surface area contributed by atoms with Crippen molar-refractivity contribution in [3.05, 3.63) is 0 Å². The predicted octanol–water partition coefficient (Wildman–Crippen LogP) is 2.26. The van der Waals surface area contributed by atoms with Crippen LogP contribution in [0, 0.1) is 0 Å². The second-order valence-electron chi connectivity index (χ2n) is 5.29. The van der Waals surface area contributed by atoms with Crippen LogP contribution in [0.25, 0.3) is 0 Å². The summed E-state index contributed by atoms with van der Waals surface area (Å²) in [6.07, 6.45) is 3.74. The monoisotopic (exact) mass is 242 g/mol. The van der Waals surface area contributed by atoms with Gasteiger partial charge in [-0.15, -0.1) is 0 Å². The third-order valence-electron chi connectivity index (χ3n) is 3.81. The largest absolute Gasteiger partial charge is 0.380 e. The number of hydrogen-bond donors (Lipinski definition) is 1. The number of ether oxygens (including phenoxy) is 1. The Balaban J connectivity index is 2.43. The van der Waals surface area contributed by atoms with Gasteiger partial charge in [-0.25, -0.2) is 0 Å². The average Bonchev–Trinajstić information content (AvgIpc) is 2.31. The Morgan fingerprint density at radius 1 is 1.29 bits per heavy atom. The Bertz CT molecular complexity index is 199. The van der Waals surface area contributed by atoms with E-state index in [1.54, 1.807) is 0 Å². The number of rotatable bonds is 5. The van der Waals surface area contributed by atoms with Gasteiger partial charge in [0.2, 0.25) is 0 Å². The molecule has 1 N–H and O–H groups in total. The molecule has 0 aromatic rings. The minimum absolute atomic E-state index is 0.553. The summed E-state index contributed by atoms with van der Waals surface area (Å²) in [4.78, 5) is 2.59.